The zero-order valence-electron chi connectivity index (χ0n) is 19.4. The van der Waals surface area contributed by atoms with E-state index in [0.717, 1.165) is 16.7 Å². The third kappa shape index (κ3) is 5.66. The van der Waals surface area contributed by atoms with Crippen LogP contribution in [0.1, 0.15) is 43.9 Å². The number of carbonyl (C=O) groups excluding carboxylic acids is 1. The Balaban J connectivity index is 1.87. The average Bonchev–Trinajstić information content (AvgIpc) is 2.72. The third-order valence-electron chi connectivity index (χ3n) is 5.37. The first-order valence-electron chi connectivity index (χ1n) is 10.8. The molecule has 0 bridgehead atoms. The van der Waals surface area contributed by atoms with E-state index >= 15 is 0 Å². The summed E-state index contributed by atoms with van der Waals surface area (Å²) < 4.78 is 5.46. The number of nitrogens with zero attached hydrogens (tertiary/aromatic N) is 3. The molecule has 0 fully saturated rings. The van der Waals surface area contributed by atoms with E-state index < -0.39 is 5.60 Å². The number of rotatable bonds is 5. The Hall–Kier alpha value is -3.35. The predicted molar refractivity (Wildman–Crippen MR) is 127 cm³/mol. The van der Waals surface area contributed by atoms with Crippen LogP contribution in [0.4, 0.5) is 16.2 Å². The molecule has 0 aliphatic carbocycles. The van der Waals surface area contributed by atoms with Gasteiger partial charge in [-0.05, 0) is 62.9 Å². The van der Waals surface area contributed by atoms with Gasteiger partial charge >= 0.3 is 6.09 Å². The maximum atomic E-state index is 12.3. The van der Waals surface area contributed by atoms with Crippen molar-refractivity contribution < 1.29 is 14.5 Å². The summed E-state index contributed by atoms with van der Waals surface area (Å²) >= 11 is 0. The minimum atomic E-state index is -0.533. The lowest BCUT2D eigenvalue weighted by atomic mass is 9.96. The molecular formula is C25H31N3O4. The van der Waals surface area contributed by atoms with Gasteiger partial charge in [0.25, 0.3) is 5.69 Å². The standard InChI is InChI=1S/C25H31N3O4/c1-18-15-21(20-11-13-27(14-12-20)24(29)32-25(2,3)4)16-22(23(18)28(30)31)26(5)17-19-9-7-6-8-10-19/h6-11,15-16H,12-14,17H2,1-5H3. The van der Waals surface area contributed by atoms with Gasteiger partial charge in [-0.1, -0.05) is 36.4 Å². The van der Waals surface area contributed by atoms with Gasteiger partial charge in [0.05, 0.1) is 4.92 Å². The Morgan fingerprint density at radius 1 is 1.22 bits per heavy atom. The summed E-state index contributed by atoms with van der Waals surface area (Å²) in [6.07, 6.45) is 2.35. The molecule has 32 heavy (non-hydrogen) atoms. The number of nitro benzene ring substituents is 1. The smallest absolute Gasteiger partial charge is 0.410 e. The van der Waals surface area contributed by atoms with Gasteiger partial charge in [-0.3, -0.25) is 10.1 Å². The van der Waals surface area contributed by atoms with Crippen LogP contribution < -0.4 is 4.90 Å². The first-order chi connectivity index (χ1) is 15.0. The minimum Gasteiger partial charge on any atom is -0.444 e. The topological polar surface area (TPSA) is 75.9 Å². The molecule has 0 atom stereocenters. The monoisotopic (exact) mass is 437 g/mol. The van der Waals surface area contributed by atoms with Crippen LogP contribution in [0.2, 0.25) is 0 Å². The van der Waals surface area contributed by atoms with Crippen molar-refractivity contribution in [3.63, 3.8) is 0 Å². The summed E-state index contributed by atoms with van der Waals surface area (Å²) in [6.45, 7) is 8.89. The number of ether oxygens (including phenoxy) is 1. The highest BCUT2D eigenvalue weighted by Gasteiger charge is 2.26. The Kier molecular flexibility index (Phi) is 6.87. The summed E-state index contributed by atoms with van der Waals surface area (Å²) in [4.78, 5) is 27.4. The lowest BCUT2D eigenvalue weighted by Crippen LogP contribution is -2.39. The highest BCUT2D eigenvalue weighted by Crippen LogP contribution is 2.36. The molecule has 0 N–H and O–H groups in total. The Morgan fingerprint density at radius 2 is 1.91 bits per heavy atom. The van der Waals surface area contributed by atoms with E-state index in [4.69, 9.17) is 4.74 Å². The van der Waals surface area contributed by atoms with Gasteiger partial charge in [-0.25, -0.2) is 4.79 Å². The Labute approximate surface area is 189 Å². The van der Waals surface area contributed by atoms with E-state index in [2.05, 4.69) is 0 Å². The average molecular weight is 438 g/mol. The van der Waals surface area contributed by atoms with Crippen LogP contribution in [-0.2, 0) is 11.3 Å². The van der Waals surface area contributed by atoms with Gasteiger partial charge in [0.2, 0.25) is 0 Å². The molecule has 7 heteroatoms. The second-order valence-electron chi connectivity index (χ2n) is 9.17. The second kappa shape index (κ2) is 9.42. The molecular weight excluding hydrogens is 406 g/mol. The van der Waals surface area contributed by atoms with Crippen LogP contribution in [0.5, 0.6) is 0 Å². The molecule has 2 aromatic rings. The molecule has 0 spiro atoms. The summed E-state index contributed by atoms with van der Waals surface area (Å²) in [7, 11) is 1.87. The maximum absolute atomic E-state index is 12.3. The van der Waals surface area contributed by atoms with Gasteiger partial charge in [-0.15, -0.1) is 0 Å². The van der Waals surface area contributed by atoms with E-state index in [1.54, 1.807) is 11.8 Å². The minimum absolute atomic E-state index is 0.124. The molecule has 0 radical (unpaired) electrons. The molecule has 7 nitrogen and oxygen atoms in total. The van der Waals surface area contributed by atoms with Crippen molar-refractivity contribution in [2.45, 2.75) is 46.3 Å². The van der Waals surface area contributed by atoms with E-state index in [-0.39, 0.29) is 16.7 Å². The van der Waals surface area contributed by atoms with Crippen molar-refractivity contribution in [3.05, 3.63) is 75.3 Å². The fraction of sp³-hybridized carbons (Fsp3) is 0.400. The van der Waals surface area contributed by atoms with Crippen molar-refractivity contribution in [2.24, 2.45) is 0 Å². The van der Waals surface area contributed by atoms with Crippen LogP contribution >= 0.6 is 0 Å². The number of amides is 1. The van der Waals surface area contributed by atoms with E-state index in [9.17, 15) is 14.9 Å². The summed E-state index contributed by atoms with van der Waals surface area (Å²) in [5.74, 6) is 0. The Bertz CT molecular complexity index is 1030. The SMILES string of the molecule is Cc1cc(C2=CCN(C(=O)OC(C)(C)C)CC2)cc(N(C)Cc2ccccc2)c1[N+](=O)[O-]. The lowest BCUT2D eigenvalue weighted by molar-refractivity contribution is -0.384. The number of nitro groups is 1. The molecule has 0 aromatic heterocycles. The quantitative estimate of drug-likeness (QED) is 0.452. The second-order valence-corrected chi connectivity index (χ2v) is 9.17. The van der Waals surface area contributed by atoms with Crippen LogP contribution in [0.25, 0.3) is 5.57 Å². The third-order valence-corrected chi connectivity index (χ3v) is 5.37. The van der Waals surface area contributed by atoms with Crippen molar-refractivity contribution >= 4 is 23.0 Å². The molecule has 170 valence electrons. The summed E-state index contributed by atoms with van der Waals surface area (Å²) in [6, 6.07) is 13.6. The molecule has 1 aliphatic heterocycles. The van der Waals surface area contributed by atoms with Gasteiger partial charge in [0.15, 0.2) is 0 Å². The van der Waals surface area contributed by atoms with Gasteiger partial charge in [0.1, 0.15) is 11.3 Å². The zero-order chi connectivity index (χ0) is 23.5. The molecule has 3 rings (SSSR count). The molecule has 1 amide bonds. The first kappa shape index (κ1) is 23.3. The fourth-order valence-corrected chi connectivity index (χ4v) is 3.84. The van der Waals surface area contributed by atoms with Gasteiger partial charge < -0.3 is 14.5 Å². The maximum Gasteiger partial charge on any atom is 0.410 e. The van der Waals surface area contributed by atoms with Crippen molar-refractivity contribution in [1.29, 1.82) is 0 Å². The molecule has 1 aliphatic rings. The summed E-state index contributed by atoms with van der Waals surface area (Å²) in [5, 5.41) is 11.8. The number of carbonyl (C=O) groups is 1. The largest absolute Gasteiger partial charge is 0.444 e. The van der Waals surface area contributed by atoms with Crippen LogP contribution in [0.15, 0.2) is 48.5 Å². The van der Waals surface area contributed by atoms with Gasteiger partial charge in [-0.2, -0.15) is 0 Å². The fourth-order valence-electron chi connectivity index (χ4n) is 3.84. The molecule has 0 unspecified atom stereocenters. The highest BCUT2D eigenvalue weighted by atomic mass is 16.6. The van der Waals surface area contributed by atoms with Crippen LogP contribution in [0.3, 0.4) is 0 Å². The van der Waals surface area contributed by atoms with Gasteiger partial charge in [0, 0.05) is 32.2 Å². The molecule has 2 aromatic carbocycles. The van der Waals surface area contributed by atoms with Crippen molar-refractivity contribution in [1.82, 2.24) is 4.90 Å². The molecule has 0 saturated heterocycles. The van der Waals surface area contributed by atoms with E-state index in [0.29, 0.717) is 37.3 Å². The van der Waals surface area contributed by atoms with Crippen molar-refractivity contribution in [3.8, 4) is 0 Å². The van der Waals surface area contributed by atoms with Crippen molar-refractivity contribution in [2.75, 3.05) is 25.0 Å². The number of aryl methyl sites for hydroxylation is 1. The summed E-state index contributed by atoms with van der Waals surface area (Å²) in [5.41, 5.74) is 3.91. The number of benzene rings is 2. The van der Waals surface area contributed by atoms with E-state index in [1.807, 2.05) is 81.3 Å². The molecule has 1 heterocycles. The number of hydrogen-bond acceptors (Lipinski definition) is 5. The predicted octanol–water partition coefficient (Wildman–Crippen LogP) is 5.56. The lowest BCUT2D eigenvalue weighted by Gasteiger charge is -2.30. The first-order valence-corrected chi connectivity index (χ1v) is 10.8. The van der Waals surface area contributed by atoms with Crippen LogP contribution in [0, 0.1) is 17.0 Å². The van der Waals surface area contributed by atoms with E-state index in [1.165, 1.54) is 0 Å². The molecule has 0 saturated carbocycles. The highest BCUT2D eigenvalue weighted by molar-refractivity contribution is 5.78. The number of anilines is 1. The Morgan fingerprint density at radius 3 is 2.47 bits per heavy atom. The number of hydrogen-bond donors (Lipinski definition) is 0. The normalized spacial score (nSPS) is 14.0. The zero-order valence-corrected chi connectivity index (χ0v) is 19.4. The van der Waals surface area contributed by atoms with Crippen LogP contribution in [-0.4, -0.2) is 41.7 Å².